The van der Waals surface area contributed by atoms with Gasteiger partial charge in [0.05, 0.1) is 6.26 Å². The van der Waals surface area contributed by atoms with Crippen LogP contribution in [-0.2, 0) is 6.42 Å². The molecule has 0 radical (unpaired) electrons. The van der Waals surface area contributed by atoms with E-state index in [9.17, 15) is 0 Å². The summed E-state index contributed by atoms with van der Waals surface area (Å²) in [5.74, 6) is 1.89. The molecule has 72 valence electrons. The van der Waals surface area contributed by atoms with Crippen molar-refractivity contribution >= 4 is 0 Å². The highest BCUT2D eigenvalue weighted by Crippen LogP contribution is 2.46. The fourth-order valence-electron chi connectivity index (χ4n) is 1.97. The molecular weight excluding hydrogens is 162 g/mol. The minimum absolute atomic E-state index is 0.262. The minimum Gasteiger partial charge on any atom is -0.469 e. The maximum absolute atomic E-state index is 5.82. The highest BCUT2D eigenvalue weighted by molar-refractivity contribution is 5.05. The highest BCUT2D eigenvalue weighted by atomic mass is 16.3. The molecule has 13 heavy (non-hydrogen) atoms. The molecular formula is C11H17NO. The van der Waals surface area contributed by atoms with Crippen molar-refractivity contribution in [3.05, 3.63) is 24.2 Å². The number of nitrogens with two attached hydrogens (primary N) is 1. The number of hydrogen-bond acceptors (Lipinski definition) is 2. The van der Waals surface area contributed by atoms with Gasteiger partial charge < -0.3 is 10.2 Å². The highest BCUT2D eigenvalue weighted by Gasteiger charge is 2.40. The Balaban J connectivity index is 2.05. The van der Waals surface area contributed by atoms with Gasteiger partial charge >= 0.3 is 0 Å². The van der Waals surface area contributed by atoms with E-state index in [1.165, 1.54) is 12.8 Å². The molecule has 2 nitrogen and oxygen atoms in total. The third-order valence-electron chi connectivity index (χ3n) is 3.19. The van der Waals surface area contributed by atoms with E-state index in [2.05, 4.69) is 6.92 Å². The average Bonchev–Trinajstić information content (AvgIpc) is 2.88. The van der Waals surface area contributed by atoms with Gasteiger partial charge in [-0.3, -0.25) is 0 Å². The summed E-state index contributed by atoms with van der Waals surface area (Å²) in [4.78, 5) is 0. The second kappa shape index (κ2) is 3.18. The summed E-state index contributed by atoms with van der Waals surface area (Å²) in [7, 11) is 0. The molecule has 0 spiro atoms. The maximum atomic E-state index is 5.82. The Hall–Kier alpha value is -0.760. The van der Waals surface area contributed by atoms with Gasteiger partial charge in [-0.2, -0.15) is 0 Å². The maximum Gasteiger partial charge on any atom is 0.104 e. The molecule has 0 bridgehead atoms. The standard InChI is InChI=1S/C11H17NO/c1-11(8-12,9-4-5-9)7-10-3-2-6-13-10/h2-3,6,9H,4-5,7-8,12H2,1H3. The molecule has 0 saturated heterocycles. The monoisotopic (exact) mass is 179 g/mol. The average molecular weight is 179 g/mol. The van der Waals surface area contributed by atoms with Crippen LogP contribution in [0.3, 0.4) is 0 Å². The van der Waals surface area contributed by atoms with E-state index in [1.807, 2.05) is 12.1 Å². The molecule has 0 aliphatic heterocycles. The summed E-state index contributed by atoms with van der Waals surface area (Å²) in [6.45, 7) is 3.03. The Kier molecular flexibility index (Phi) is 2.16. The molecule has 0 amide bonds. The van der Waals surface area contributed by atoms with Crippen molar-refractivity contribution in [1.82, 2.24) is 0 Å². The zero-order valence-electron chi connectivity index (χ0n) is 8.12. The van der Waals surface area contributed by atoms with Crippen LogP contribution in [0.5, 0.6) is 0 Å². The molecule has 1 heterocycles. The van der Waals surface area contributed by atoms with E-state index >= 15 is 0 Å². The fourth-order valence-corrected chi connectivity index (χ4v) is 1.97. The van der Waals surface area contributed by atoms with E-state index in [0.29, 0.717) is 0 Å². The molecule has 2 N–H and O–H groups in total. The van der Waals surface area contributed by atoms with Gasteiger partial charge in [-0.25, -0.2) is 0 Å². The van der Waals surface area contributed by atoms with Gasteiger partial charge in [-0.1, -0.05) is 6.92 Å². The van der Waals surface area contributed by atoms with Crippen molar-refractivity contribution in [3.8, 4) is 0 Å². The molecule has 1 aromatic heterocycles. The van der Waals surface area contributed by atoms with Crippen molar-refractivity contribution in [1.29, 1.82) is 0 Å². The molecule has 1 fully saturated rings. The second-order valence-electron chi connectivity index (χ2n) is 4.39. The van der Waals surface area contributed by atoms with Gasteiger partial charge in [0.15, 0.2) is 0 Å². The normalized spacial score (nSPS) is 21.4. The van der Waals surface area contributed by atoms with E-state index in [4.69, 9.17) is 10.2 Å². The van der Waals surface area contributed by atoms with Crippen LogP contribution in [0.4, 0.5) is 0 Å². The first-order chi connectivity index (χ1) is 6.24. The predicted octanol–water partition coefficient (Wildman–Crippen LogP) is 2.20. The van der Waals surface area contributed by atoms with Crippen LogP contribution < -0.4 is 5.73 Å². The summed E-state index contributed by atoms with van der Waals surface area (Å²) < 4.78 is 5.35. The quantitative estimate of drug-likeness (QED) is 0.769. The summed E-state index contributed by atoms with van der Waals surface area (Å²) in [6, 6.07) is 3.98. The summed E-state index contributed by atoms with van der Waals surface area (Å²) in [6.07, 6.45) is 5.41. The van der Waals surface area contributed by atoms with Gasteiger partial charge in [0.1, 0.15) is 5.76 Å². The first-order valence-electron chi connectivity index (χ1n) is 4.97. The topological polar surface area (TPSA) is 39.2 Å². The lowest BCUT2D eigenvalue weighted by atomic mass is 9.81. The van der Waals surface area contributed by atoms with Gasteiger partial charge in [0.25, 0.3) is 0 Å². The van der Waals surface area contributed by atoms with Crippen LogP contribution in [0, 0.1) is 11.3 Å². The smallest absolute Gasteiger partial charge is 0.104 e. The van der Waals surface area contributed by atoms with Gasteiger partial charge in [0.2, 0.25) is 0 Å². The Labute approximate surface area is 79.1 Å². The molecule has 2 heteroatoms. The van der Waals surface area contributed by atoms with Crippen LogP contribution in [0.1, 0.15) is 25.5 Å². The van der Waals surface area contributed by atoms with Crippen molar-refractivity contribution in [2.45, 2.75) is 26.2 Å². The van der Waals surface area contributed by atoms with Crippen LogP contribution in [0.25, 0.3) is 0 Å². The van der Waals surface area contributed by atoms with E-state index in [0.717, 1.165) is 24.6 Å². The fraction of sp³-hybridized carbons (Fsp3) is 0.636. The first-order valence-corrected chi connectivity index (χ1v) is 4.97. The summed E-state index contributed by atoms with van der Waals surface area (Å²) in [5.41, 5.74) is 6.08. The van der Waals surface area contributed by atoms with E-state index in [1.54, 1.807) is 6.26 Å². The first kappa shape index (κ1) is 8.82. The number of rotatable bonds is 4. The number of furan rings is 1. The third-order valence-corrected chi connectivity index (χ3v) is 3.19. The Morgan fingerprint density at radius 2 is 2.38 bits per heavy atom. The summed E-state index contributed by atoms with van der Waals surface area (Å²) >= 11 is 0. The second-order valence-corrected chi connectivity index (χ2v) is 4.39. The van der Waals surface area contributed by atoms with Crippen molar-refractivity contribution in [3.63, 3.8) is 0 Å². The largest absolute Gasteiger partial charge is 0.469 e. The SMILES string of the molecule is CC(CN)(Cc1ccco1)C1CC1. The van der Waals surface area contributed by atoms with E-state index in [-0.39, 0.29) is 5.41 Å². The van der Waals surface area contributed by atoms with Gasteiger partial charge in [0, 0.05) is 6.42 Å². The molecule has 1 unspecified atom stereocenters. The Morgan fingerprint density at radius 1 is 1.62 bits per heavy atom. The van der Waals surface area contributed by atoms with Crippen LogP contribution in [-0.4, -0.2) is 6.54 Å². The predicted molar refractivity (Wildman–Crippen MR) is 52.3 cm³/mol. The number of hydrogen-bond donors (Lipinski definition) is 1. The lowest BCUT2D eigenvalue weighted by Crippen LogP contribution is -2.31. The molecule has 1 aliphatic carbocycles. The van der Waals surface area contributed by atoms with E-state index < -0.39 is 0 Å². The Bertz CT molecular complexity index is 264. The van der Waals surface area contributed by atoms with Crippen molar-refractivity contribution < 1.29 is 4.42 Å². The van der Waals surface area contributed by atoms with Crippen molar-refractivity contribution in [2.75, 3.05) is 6.54 Å². The zero-order chi connectivity index (χ0) is 9.31. The summed E-state index contributed by atoms with van der Waals surface area (Å²) in [5, 5.41) is 0. The van der Waals surface area contributed by atoms with Crippen LogP contribution in [0.15, 0.2) is 22.8 Å². The molecule has 2 rings (SSSR count). The van der Waals surface area contributed by atoms with Crippen LogP contribution in [0.2, 0.25) is 0 Å². The molecule has 1 aromatic rings. The molecule has 1 saturated carbocycles. The molecule has 0 aromatic carbocycles. The minimum atomic E-state index is 0.262. The third kappa shape index (κ3) is 1.78. The van der Waals surface area contributed by atoms with Crippen LogP contribution >= 0.6 is 0 Å². The van der Waals surface area contributed by atoms with Gasteiger partial charge in [-0.05, 0) is 42.9 Å². The Morgan fingerprint density at radius 3 is 2.85 bits per heavy atom. The molecule has 1 atom stereocenters. The molecule has 1 aliphatic rings. The van der Waals surface area contributed by atoms with Gasteiger partial charge in [-0.15, -0.1) is 0 Å². The lowest BCUT2D eigenvalue weighted by Gasteiger charge is -2.26. The zero-order valence-corrected chi connectivity index (χ0v) is 8.12. The van der Waals surface area contributed by atoms with Crippen molar-refractivity contribution in [2.24, 2.45) is 17.1 Å². The lowest BCUT2D eigenvalue weighted by molar-refractivity contribution is 0.261.